The summed E-state index contributed by atoms with van der Waals surface area (Å²) in [5, 5.41) is 6.77. The van der Waals surface area contributed by atoms with Gasteiger partial charge in [0.25, 0.3) is 0 Å². The molecule has 0 spiro atoms. The third-order valence-corrected chi connectivity index (χ3v) is 5.50. The number of benzene rings is 1. The van der Waals surface area contributed by atoms with Crippen molar-refractivity contribution in [2.75, 3.05) is 37.8 Å². The number of hydrogen-bond acceptors (Lipinski definition) is 3. The van der Waals surface area contributed by atoms with Gasteiger partial charge in [0.2, 0.25) is 5.91 Å². The van der Waals surface area contributed by atoms with Gasteiger partial charge in [0, 0.05) is 36.8 Å². The molecular weight excluding hydrogens is 447 g/mol. The number of nitrogens with one attached hydrogen (secondary N) is 2. The Morgan fingerprint density at radius 3 is 2.88 bits per heavy atom. The van der Waals surface area contributed by atoms with Crippen molar-refractivity contribution in [1.29, 1.82) is 0 Å². The first-order chi connectivity index (χ1) is 11.7. The van der Waals surface area contributed by atoms with Crippen LogP contribution in [-0.2, 0) is 11.2 Å². The number of anilines is 1. The second-order valence-electron chi connectivity index (χ2n) is 5.85. The summed E-state index contributed by atoms with van der Waals surface area (Å²) in [5.41, 5.74) is 2.06. The van der Waals surface area contributed by atoms with Crippen molar-refractivity contribution >= 4 is 53.3 Å². The summed E-state index contributed by atoms with van der Waals surface area (Å²) in [4.78, 5) is 18.8. The number of rotatable bonds is 5. The summed E-state index contributed by atoms with van der Waals surface area (Å²) in [6.07, 6.45) is 2.12. The molecule has 0 radical (unpaired) electrons. The number of carbonyl (C=O) groups is 1. The number of guanidine groups is 1. The Bertz CT molecular complexity index is 582. The highest BCUT2D eigenvalue weighted by atomic mass is 127. The molecule has 1 aliphatic rings. The lowest BCUT2D eigenvalue weighted by Crippen LogP contribution is -2.49. The fourth-order valence-corrected chi connectivity index (χ4v) is 3.90. The molecule has 1 unspecified atom stereocenters. The minimum Gasteiger partial charge on any atom is -0.347 e. The molecule has 1 heterocycles. The Labute approximate surface area is 172 Å². The third-order valence-electron chi connectivity index (χ3n) is 4.13. The van der Waals surface area contributed by atoms with Gasteiger partial charge < -0.3 is 15.5 Å². The fourth-order valence-electron chi connectivity index (χ4n) is 2.72. The second kappa shape index (κ2) is 11.6. The molecule has 25 heavy (non-hydrogen) atoms. The van der Waals surface area contributed by atoms with Crippen molar-refractivity contribution < 1.29 is 4.79 Å². The molecular formula is C18H29IN4OS. The van der Waals surface area contributed by atoms with Crippen LogP contribution in [0.25, 0.3) is 0 Å². The van der Waals surface area contributed by atoms with E-state index in [0.717, 1.165) is 43.3 Å². The topological polar surface area (TPSA) is 56.7 Å². The Hall–Kier alpha value is -0.960. The van der Waals surface area contributed by atoms with E-state index in [0.29, 0.717) is 5.25 Å². The lowest BCUT2D eigenvalue weighted by Gasteiger charge is -2.34. The van der Waals surface area contributed by atoms with Gasteiger partial charge in [0.1, 0.15) is 0 Å². The van der Waals surface area contributed by atoms with Crippen molar-refractivity contribution in [3.8, 4) is 0 Å². The molecule has 7 heteroatoms. The van der Waals surface area contributed by atoms with Gasteiger partial charge in [-0.1, -0.05) is 26.0 Å². The SMILES string of the molecule is CCc1cccc(NC(=O)CNC(=NC)N2CCSC(CC)C2)c1.I. The van der Waals surface area contributed by atoms with Crippen LogP contribution in [0.2, 0.25) is 0 Å². The van der Waals surface area contributed by atoms with Crippen LogP contribution in [0, 0.1) is 0 Å². The average molecular weight is 476 g/mol. The molecule has 1 amide bonds. The van der Waals surface area contributed by atoms with Crippen LogP contribution in [-0.4, -0.2) is 54.5 Å². The van der Waals surface area contributed by atoms with Crippen molar-refractivity contribution in [3.05, 3.63) is 29.8 Å². The van der Waals surface area contributed by atoms with Gasteiger partial charge in [-0.25, -0.2) is 0 Å². The Morgan fingerprint density at radius 2 is 2.20 bits per heavy atom. The molecule has 5 nitrogen and oxygen atoms in total. The monoisotopic (exact) mass is 476 g/mol. The molecule has 0 bridgehead atoms. The summed E-state index contributed by atoms with van der Waals surface area (Å²) >= 11 is 2.02. The molecule has 0 aliphatic carbocycles. The summed E-state index contributed by atoms with van der Waals surface area (Å²) in [6, 6.07) is 7.96. The average Bonchev–Trinajstić information content (AvgIpc) is 2.62. The molecule has 1 aromatic carbocycles. The zero-order chi connectivity index (χ0) is 17.4. The van der Waals surface area contributed by atoms with E-state index in [1.165, 1.54) is 5.56 Å². The van der Waals surface area contributed by atoms with Crippen LogP contribution in [0.3, 0.4) is 0 Å². The smallest absolute Gasteiger partial charge is 0.243 e. The Morgan fingerprint density at radius 1 is 1.40 bits per heavy atom. The van der Waals surface area contributed by atoms with Crippen molar-refractivity contribution in [3.63, 3.8) is 0 Å². The van der Waals surface area contributed by atoms with E-state index in [2.05, 4.69) is 40.4 Å². The van der Waals surface area contributed by atoms with E-state index in [4.69, 9.17) is 0 Å². The van der Waals surface area contributed by atoms with Gasteiger partial charge in [-0.15, -0.1) is 24.0 Å². The van der Waals surface area contributed by atoms with Crippen molar-refractivity contribution in [1.82, 2.24) is 10.2 Å². The molecule has 0 aromatic heterocycles. The normalized spacial score (nSPS) is 17.6. The quantitative estimate of drug-likeness (QED) is 0.390. The van der Waals surface area contributed by atoms with E-state index < -0.39 is 0 Å². The maximum absolute atomic E-state index is 12.2. The number of hydrogen-bond donors (Lipinski definition) is 2. The lowest BCUT2D eigenvalue weighted by atomic mass is 10.1. The summed E-state index contributed by atoms with van der Waals surface area (Å²) in [5.74, 6) is 1.86. The zero-order valence-corrected chi connectivity index (χ0v) is 18.4. The third kappa shape index (κ3) is 7.05. The van der Waals surface area contributed by atoms with Gasteiger partial charge in [-0.2, -0.15) is 11.8 Å². The fraction of sp³-hybridized carbons (Fsp3) is 0.556. The maximum Gasteiger partial charge on any atom is 0.243 e. The van der Waals surface area contributed by atoms with Crippen LogP contribution in [0.4, 0.5) is 5.69 Å². The van der Waals surface area contributed by atoms with Crippen LogP contribution >= 0.6 is 35.7 Å². The standard InChI is InChI=1S/C18H28N4OS.HI/c1-4-14-7-6-8-15(11-14)21-17(23)12-20-18(19-3)22-9-10-24-16(5-2)13-22;/h6-8,11,16H,4-5,9-10,12-13H2,1-3H3,(H,19,20)(H,21,23);1H. The minimum atomic E-state index is -0.0529. The molecule has 1 fully saturated rings. The summed E-state index contributed by atoms with van der Waals surface area (Å²) in [7, 11) is 1.77. The molecule has 2 N–H and O–H groups in total. The number of aryl methyl sites for hydroxylation is 1. The lowest BCUT2D eigenvalue weighted by molar-refractivity contribution is -0.115. The predicted octanol–water partition coefficient (Wildman–Crippen LogP) is 3.21. The maximum atomic E-state index is 12.2. The highest BCUT2D eigenvalue weighted by Gasteiger charge is 2.21. The number of amides is 1. The van der Waals surface area contributed by atoms with Gasteiger partial charge in [0.15, 0.2) is 5.96 Å². The van der Waals surface area contributed by atoms with Gasteiger partial charge in [-0.05, 0) is 30.5 Å². The van der Waals surface area contributed by atoms with Crippen LogP contribution in [0.15, 0.2) is 29.3 Å². The predicted molar refractivity (Wildman–Crippen MR) is 119 cm³/mol. The van der Waals surface area contributed by atoms with Gasteiger partial charge >= 0.3 is 0 Å². The minimum absolute atomic E-state index is 0. The van der Waals surface area contributed by atoms with E-state index in [1.807, 2.05) is 30.0 Å². The van der Waals surface area contributed by atoms with Crippen molar-refractivity contribution in [2.45, 2.75) is 31.9 Å². The van der Waals surface area contributed by atoms with Crippen molar-refractivity contribution in [2.24, 2.45) is 4.99 Å². The molecule has 0 saturated carbocycles. The highest BCUT2D eigenvalue weighted by molar-refractivity contribution is 14.0. The Kier molecular flexibility index (Phi) is 10.3. The first-order valence-electron chi connectivity index (χ1n) is 8.62. The molecule has 1 aromatic rings. The molecule has 140 valence electrons. The first kappa shape index (κ1) is 22.1. The van der Waals surface area contributed by atoms with E-state index in [9.17, 15) is 4.79 Å². The molecule has 2 rings (SSSR count). The van der Waals surface area contributed by atoms with E-state index in [-0.39, 0.29) is 36.4 Å². The molecule has 1 aliphatic heterocycles. The van der Waals surface area contributed by atoms with E-state index in [1.54, 1.807) is 7.05 Å². The van der Waals surface area contributed by atoms with Crippen LogP contribution in [0.5, 0.6) is 0 Å². The van der Waals surface area contributed by atoms with Gasteiger partial charge in [0.05, 0.1) is 6.54 Å². The summed E-state index contributed by atoms with van der Waals surface area (Å²) in [6.45, 7) is 6.51. The number of aliphatic imine (C=N–C) groups is 1. The Balaban J connectivity index is 0.00000312. The number of halogens is 1. The molecule has 1 atom stereocenters. The number of carbonyl (C=O) groups excluding carboxylic acids is 1. The largest absolute Gasteiger partial charge is 0.347 e. The number of thioether (sulfide) groups is 1. The van der Waals surface area contributed by atoms with Crippen LogP contribution < -0.4 is 10.6 Å². The highest BCUT2D eigenvalue weighted by Crippen LogP contribution is 2.20. The van der Waals surface area contributed by atoms with Crippen LogP contribution in [0.1, 0.15) is 25.8 Å². The van der Waals surface area contributed by atoms with E-state index >= 15 is 0 Å². The second-order valence-corrected chi connectivity index (χ2v) is 7.26. The van der Waals surface area contributed by atoms with Gasteiger partial charge in [-0.3, -0.25) is 9.79 Å². The zero-order valence-electron chi connectivity index (χ0n) is 15.2. The first-order valence-corrected chi connectivity index (χ1v) is 9.67. The number of nitrogens with zero attached hydrogens (tertiary/aromatic N) is 2. The molecule has 1 saturated heterocycles. The summed E-state index contributed by atoms with van der Waals surface area (Å²) < 4.78 is 0.